The van der Waals surface area contributed by atoms with Crippen molar-refractivity contribution in [2.75, 3.05) is 5.32 Å². The van der Waals surface area contributed by atoms with Crippen molar-refractivity contribution in [2.24, 2.45) is 0 Å². The van der Waals surface area contributed by atoms with Gasteiger partial charge >= 0.3 is 0 Å². The van der Waals surface area contributed by atoms with Crippen molar-refractivity contribution in [2.45, 2.75) is 19.9 Å². The lowest BCUT2D eigenvalue weighted by molar-refractivity contribution is 0.102. The first kappa shape index (κ1) is 13.2. The van der Waals surface area contributed by atoms with Gasteiger partial charge in [0.15, 0.2) is 0 Å². The topological polar surface area (TPSA) is 46.9 Å². The maximum atomic E-state index is 13.5. The normalized spacial score (nSPS) is 10.8. The Hall–Kier alpha value is -2.24. The fourth-order valence-corrected chi connectivity index (χ4v) is 1.68. The van der Waals surface area contributed by atoms with Gasteiger partial charge in [-0.15, -0.1) is 0 Å². The van der Waals surface area contributed by atoms with Crippen LogP contribution in [0.2, 0.25) is 0 Å². The Morgan fingerprint density at radius 3 is 2.74 bits per heavy atom. The molecule has 0 saturated carbocycles. The summed E-state index contributed by atoms with van der Waals surface area (Å²) < 4.78 is 28.1. The number of nitrogens with zero attached hydrogens (tertiary/aromatic N) is 2. The number of rotatable bonds is 3. The van der Waals surface area contributed by atoms with Gasteiger partial charge in [0.2, 0.25) is 0 Å². The summed E-state index contributed by atoms with van der Waals surface area (Å²) in [5.74, 6) is -1.71. The second-order valence-electron chi connectivity index (χ2n) is 4.33. The smallest absolute Gasteiger partial charge is 0.259 e. The van der Waals surface area contributed by atoms with E-state index in [4.69, 9.17) is 0 Å². The first-order valence-corrected chi connectivity index (χ1v) is 5.79. The number of benzene rings is 1. The van der Waals surface area contributed by atoms with E-state index >= 15 is 0 Å². The molecule has 0 spiro atoms. The monoisotopic (exact) mass is 265 g/mol. The van der Waals surface area contributed by atoms with Crippen molar-refractivity contribution < 1.29 is 13.6 Å². The molecule has 1 N–H and O–H groups in total. The lowest BCUT2D eigenvalue weighted by atomic mass is 10.2. The maximum absolute atomic E-state index is 13.5. The van der Waals surface area contributed by atoms with Gasteiger partial charge in [0.25, 0.3) is 5.91 Å². The average molecular weight is 265 g/mol. The molecule has 0 unspecified atom stereocenters. The van der Waals surface area contributed by atoms with E-state index in [9.17, 15) is 13.6 Å². The fraction of sp³-hybridized carbons (Fsp3) is 0.231. The summed E-state index contributed by atoms with van der Waals surface area (Å²) in [5, 5.41) is 6.55. The van der Waals surface area contributed by atoms with E-state index in [1.807, 2.05) is 13.8 Å². The van der Waals surface area contributed by atoms with Crippen LogP contribution in [0.25, 0.3) is 0 Å². The lowest BCUT2D eigenvalue weighted by Gasteiger charge is -2.12. The highest BCUT2D eigenvalue weighted by Crippen LogP contribution is 2.16. The molecule has 100 valence electrons. The van der Waals surface area contributed by atoms with Crippen LogP contribution in [0.3, 0.4) is 0 Å². The average Bonchev–Trinajstić information content (AvgIpc) is 2.80. The van der Waals surface area contributed by atoms with E-state index < -0.39 is 17.5 Å². The second kappa shape index (κ2) is 5.17. The lowest BCUT2D eigenvalue weighted by Crippen LogP contribution is -2.18. The molecular formula is C13H13F2N3O. The van der Waals surface area contributed by atoms with E-state index in [-0.39, 0.29) is 11.6 Å². The zero-order valence-corrected chi connectivity index (χ0v) is 10.5. The summed E-state index contributed by atoms with van der Waals surface area (Å²) in [6.07, 6.45) is 1.53. The van der Waals surface area contributed by atoms with Crippen LogP contribution in [0, 0.1) is 11.6 Å². The van der Waals surface area contributed by atoms with Crippen molar-refractivity contribution >= 4 is 11.7 Å². The third kappa shape index (κ3) is 2.78. The number of hydrogen-bond acceptors (Lipinski definition) is 2. The highest BCUT2D eigenvalue weighted by molar-refractivity contribution is 6.04. The summed E-state index contributed by atoms with van der Waals surface area (Å²) in [4.78, 5) is 11.9. The van der Waals surface area contributed by atoms with Crippen LogP contribution in [0.1, 0.15) is 30.2 Å². The summed E-state index contributed by atoms with van der Waals surface area (Å²) in [6, 6.07) is 4.38. The number of anilines is 1. The van der Waals surface area contributed by atoms with Gasteiger partial charge in [0, 0.05) is 12.1 Å². The Labute approximate surface area is 109 Å². The Bertz CT molecular complexity index is 608. The number of carbonyl (C=O) groups is 1. The minimum Gasteiger partial charge on any atom is -0.307 e. The molecule has 1 aromatic heterocycles. The van der Waals surface area contributed by atoms with Crippen LogP contribution >= 0.6 is 0 Å². The number of carbonyl (C=O) groups excluding carboxylic acids is 1. The zero-order chi connectivity index (χ0) is 14.0. The number of aromatic nitrogens is 2. The third-order valence-corrected chi connectivity index (χ3v) is 2.57. The van der Waals surface area contributed by atoms with Gasteiger partial charge in [-0.2, -0.15) is 5.10 Å². The molecule has 0 radical (unpaired) electrons. The summed E-state index contributed by atoms with van der Waals surface area (Å²) in [5.41, 5.74) is -0.337. The van der Waals surface area contributed by atoms with Gasteiger partial charge in [-0.05, 0) is 32.0 Å². The fourth-order valence-electron chi connectivity index (χ4n) is 1.68. The van der Waals surface area contributed by atoms with Gasteiger partial charge in [-0.3, -0.25) is 4.79 Å². The van der Waals surface area contributed by atoms with Crippen molar-refractivity contribution in [1.29, 1.82) is 0 Å². The van der Waals surface area contributed by atoms with Crippen molar-refractivity contribution in [3.63, 3.8) is 0 Å². The highest BCUT2D eigenvalue weighted by Gasteiger charge is 2.15. The second-order valence-corrected chi connectivity index (χ2v) is 4.33. The van der Waals surface area contributed by atoms with Crippen molar-refractivity contribution in [1.82, 2.24) is 9.78 Å². The Kier molecular flexibility index (Phi) is 3.59. The first-order valence-electron chi connectivity index (χ1n) is 5.79. The van der Waals surface area contributed by atoms with Crippen molar-refractivity contribution in [3.05, 3.63) is 47.7 Å². The number of nitrogens with one attached hydrogen (secondary N) is 1. The Morgan fingerprint density at radius 2 is 2.05 bits per heavy atom. The standard InChI is InChI=1S/C13H13F2N3O/c1-8(2)18-12(5-6-16-18)17-13(19)10-7-9(14)3-4-11(10)15/h3-8H,1-2H3,(H,17,19). The molecular weight excluding hydrogens is 252 g/mol. The summed E-state index contributed by atoms with van der Waals surface area (Å²) in [7, 11) is 0. The predicted octanol–water partition coefficient (Wildman–Crippen LogP) is 2.99. The molecule has 0 bridgehead atoms. The molecule has 1 amide bonds. The molecule has 1 heterocycles. The zero-order valence-electron chi connectivity index (χ0n) is 10.5. The highest BCUT2D eigenvalue weighted by atomic mass is 19.1. The van der Waals surface area contributed by atoms with Crippen LogP contribution in [-0.2, 0) is 0 Å². The summed E-state index contributed by atoms with van der Waals surface area (Å²) >= 11 is 0. The molecule has 0 aliphatic heterocycles. The van der Waals surface area contributed by atoms with E-state index in [1.165, 1.54) is 6.20 Å². The van der Waals surface area contributed by atoms with Crippen molar-refractivity contribution in [3.8, 4) is 0 Å². The molecule has 0 fully saturated rings. The van der Waals surface area contributed by atoms with Gasteiger partial charge in [0.05, 0.1) is 11.8 Å². The van der Waals surface area contributed by atoms with E-state index in [0.717, 1.165) is 18.2 Å². The van der Waals surface area contributed by atoms with Crippen LogP contribution in [0.4, 0.5) is 14.6 Å². The number of halogens is 2. The minimum absolute atomic E-state index is 0.0441. The minimum atomic E-state index is -0.769. The van der Waals surface area contributed by atoms with Gasteiger partial charge in [-0.1, -0.05) is 0 Å². The number of hydrogen-bond donors (Lipinski definition) is 1. The van der Waals surface area contributed by atoms with Crippen LogP contribution in [-0.4, -0.2) is 15.7 Å². The molecule has 1 aromatic carbocycles. The van der Waals surface area contributed by atoms with Crippen LogP contribution in [0.15, 0.2) is 30.5 Å². The van der Waals surface area contributed by atoms with E-state index in [1.54, 1.807) is 10.7 Å². The molecule has 2 aromatic rings. The SMILES string of the molecule is CC(C)n1nccc1NC(=O)c1cc(F)ccc1F. The number of amides is 1. The van der Waals surface area contributed by atoms with E-state index in [2.05, 4.69) is 10.4 Å². The molecule has 19 heavy (non-hydrogen) atoms. The molecule has 0 aliphatic rings. The quantitative estimate of drug-likeness (QED) is 0.927. The Balaban J connectivity index is 2.26. The van der Waals surface area contributed by atoms with Crippen LogP contribution in [0.5, 0.6) is 0 Å². The molecule has 2 rings (SSSR count). The van der Waals surface area contributed by atoms with E-state index in [0.29, 0.717) is 5.82 Å². The largest absolute Gasteiger partial charge is 0.307 e. The molecule has 0 atom stereocenters. The molecule has 6 heteroatoms. The van der Waals surface area contributed by atoms with Gasteiger partial charge in [-0.25, -0.2) is 13.5 Å². The molecule has 4 nitrogen and oxygen atoms in total. The van der Waals surface area contributed by atoms with Gasteiger partial charge in [0.1, 0.15) is 17.5 Å². The Morgan fingerprint density at radius 1 is 1.32 bits per heavy atom. The van der Waals surface area contributed by atoms with Crippen LogP contribution < -0.4 is 5.32 Å². The van der Waals surface area contributed by atoms with Gasteiger partial charge < -0.3 is 5.32 Å². The molecule has 0 saturated heterocycles. The maximum Gasteiger partial charge on any atom is 0.259 e. The summed E-state index contributed by atoms with van der Waals surface area (Å²) in [6.45, 7) is 3.79. The predicted molar refractivity (Wildman–Crippen MR) is 66.9 cm³/mol. The molecule has 0 aliphatic carbocycles. The first-order chi connectivity index (χ1) is 8.99. The third-order valence-electron chi connectivity index (χ3n) is 2.57.